The van der Waals surface area contributed by atoms with Gasteiger partial charge in [0.15, 0.2) is 5.78 Å². The first-order valence-electron chi connectivity index (χ1n) is 3.63. The quantitative estimate of drug-likeness (QED) is 0.389. The molecule has 0 atom stereocenters. The van der Waals surface area contributed by atoms with Gasteiger partial charge in [-0.1, -0.05) is 22.0 Å². The molecule has 0 aliphatic carbocycles. The molecule has 0 saturated carbocycles. The molecule has 5 nitrogen and oxygen atoms in total. The average Bonchev–Trinajstić information content (AvgIpc) is 2.16. The van der Waals surface area contributed by atoms with Gasteiger partial charge < -0.3 is 5.11 Å². The fourth-order valence-corrected chi connectivity index (χ4v) is 1.31. The molecule has 14 heavy (non-hydrogen) atoms. The Balaban J connectivity index is 3.36. The largest absolute Gasteiger partial charge is 0.507 e. The predicted octanol–water partition coefficient (Wildman–Crippen LogP) is 1.88. The molecule has 1 rings (SSSR count). The minimum Gasteiger partial charge on any atom is -0.507 e. The number of rotatable bonds is 3. The van der Waals surface area contributed by atoms with Crippen LogP contribution >= 0.6 is 15.9 Å². The molecule has 0 heterocycles. The van der Waals surface area contributed by atoms with Gasteiger partial charge in [0.2, 0.25) is 0 Å². The Bertz CT molecular complexity index is 391. The normalized spacial score (nSPS) is 9.79. The Morgan fingerprint density at radius 2 is 2.21 bits per heavy atom. The number of nitrogens with zero attached hydrogens (tertiary/aromatic N) is 1. The van der Waals surface area contributed by atoms with Crippen LogP contribution in [0.5, 0.6) is 5.75 Å². The number of phenols is 1. The smallest absolute Gasteiger partial charge is 0.283 e. The van der Waals surface area contributed by atoms with E-state index in [1.54, 1.807) is 0 Å². The lowest BCUT2D eigenvalue weighted by Crippen LogP contribution is -2.05. The van der Waals surface area contributed by atoms with Gasteiger partial charge in [0.25, 0.3) is 5.69 Å². The summed E-state index contributed by atoms with van der Waals surface area (Å²) in [6.07, 6.45) is 0. The van der Waals surface area contributed by atoms with Crippen LogP contribution in [0.2, 0.25) is 0 Å². The first kappa shape index (κ1) is 10.6. The summed E-state index contributed by atoms with van der Waals surface area (Å²) in [5.41, 5.74) is -0.635. The first-order chi connectivity index (χ1) is 6.57. The van der Waals surface area contributed by atoms with Gasteiger partial charge in [-0.15, -0.1) is 0 Å². The maximum atomic E-state index is 11.2. The maximum absolute atomic E-state index is 11.2. The first-order valence-corrected chi connectivity index (χ1v) is 4.75. The molecule has 0 amide bonds. The van der Waals surface area contributed by atoms with Crippen molar-refractivity contribution in [2.45, 2.75) is 0 Å². The average molecular weight is 260 g/mol. The topological polar surface area (TPSA) is 80.4 Å². The molecule has 0 aliphatic rings. The Morgan fingerprint density at radius 3 is 2.71 bits per heavy atom. The Kier molecular flexibility index (Phi) is 3.19. The molecule has 1 aromatic rings. The van der Waals surface area contributed by atoms with Crippen LogP contribution in [0.3, 0.4) is 0 Å². The van der Waals surface area contributed by atoms with Gasteiger partial charge >= 0.3 is 0 Å². The predicted molar refractivity (Wildman–Crippen MR) is 52.9 cm³/mol. The van der Waals surface area contributed by atoms with Gasteiger partial charge in [-0.3, -0.25) is 14.9 Å². The Hall–Kier alpha value is -1.43. The summed E-state index contributed by atoms with van der Waals surface area (Å²) >= 11 is 2.89. The van der Waals surface area contributed by atoms with E-state index in [4.69, 9.17) is 0 Å². The van der Waals surface area contributed by atoms with Crippen molar-refractivity contribution in [2.75, 3.05) is 5.33 Å². The van der Waals surface area contributed by atoms with Crippen molar-refractivity contribution in [1.82, 2.24) is 0 Å². The van der Waals surface area contributed by atoms with Crippen molar-refractivity contribution in [3.05, 3.63) is 33.9 Å². The van der Waals surface area contributed by atoms with E-state index in [1.807, 2.05) is 0 Å². The molecule has 0 unspecified atom stereocenters. The fraction of sp³-hybridized carbons (Fsp3) is 0.125. The Morgan fingerprint density at radius 1 is 1.57 bits per heavy atom. The van der Waals surface area contributed by atoms with E-state index in [-0.39, 0.29) is 22.3 Å². The van der Waals surface area contributed by atoms with E-state index in [2.05, 4.69) is 15.9 Å². The van der Waals surface area contributed by atoms with E-state index in [1.165, 1.54) is 18.2 Å². The summed E-state index contributed by atoms with van der Waals surface area (Å²) in [5.74, 6) is -0.890. The van der Waals surface area contributed by atoms with Crippen molar-refractivity contribution in [3.8, 4) is 5.75 Å². The summed E-state index contributed by atoms with van der Waals surface area (Å²) in [5, 5.41) is 19.8. The molecule has 0 saturated heterocycles. The van der Waals surface area contributed by atoms with Crippen molar-refractivity contribution >= 4 is 27.4 Å². The number of carbonyl (C=O) groups is 1. The molecule has 6 heteroatoms. The molecule has 1 aromatic carbocycles. The lowest BCUT2D eigenvalue weighted by molar-refractivity contribution is -0.385. The summed E-state index contributed by atoms with van der Waals surface area (Å²) in [6, 6.07) is 3.73. The van der Waals surface area contributed by atoms with Crippen LogP contribution < -0.4 is 0 Å². The van der Waals surface area contributed by atoms with Gasteiger partial charge in [-0.25, -0.2) is 0 Å². The number of hydrogen-bond donors (Lipinski definition) is 1. The minimum atomic E-state index is -0.699. The summed E-state index contributed by atoms with van der Waals surface area (Å²) in [7, 11) is 0. The highest BCUT2D eigenvalue weighted by atomic mass is 79.9. The van der Waals surface area contributed by atoms with Crippen LogP contribution in [0.15, 0.2) is 18.2 Å². The number of alkyl halides is 1. The lowest BCUT2D eigenvalue weighted by atomic mass is 10.1. The molecule has 1 N–H and O–H groups in total. The number of aromatic hydroxyl groups is 1. The van der Waals surface area contributed by atoms with Crippen LogP contribution in [0, 0.1) is 10.1 Å². The van der Waals surface area contributed by atoms with Gasteiger partial charge in [0.05, 0.1) is 10.3 Å². The number of nitro benzene ring substituents is 1. The highest BCUT2D eigenvalue weighted by Gasteiger charge is 2.22. The van der Waals surface area contributed by atoms with Crippen molar-refractivity contribution in [2.24, 2.45) is 0 Å². The number of benzene rings is 1. The zero-order chi connectivity index (χ0) is 10.7. The summed E-state index contributed by atoms with van der Waals surface area (Å²) in [4.78, 5) is 21.1. The van der Waals surface area contributed by atoms with E-state index in [0.29, 0.717) is 0 Å². The molecule has 0 fully saturated rings. The monoisotopic (exact) mass is 259 g/mol. The highest BCUT2D eigenvalue weighted by molar-refractivity contribution is 9.09. The van der Waals surface area contributed by atoms with E-state index in [0.717, 1.165) is 0 Å². The van der Waals surface area contributed by atoms with Gasteiger partial charge in [-0.05, 0) is 6.07 Å². The SMILES string of the molecule is O=C(CBr)c1c(O)cccc1[N+](=O)[O-]. The molecule has 0 bridgehead atoms. The molecule has 0 spiro atoms. The molecule has 0 radical (unpaired) electrons. The van der Waals surface area contributed by atoms with Crippen LogP contribution in [0.4, 0.5) is 5.69 Å². The van der Waals surface area contributed by atoms with E-state index < -0.39 is 10.7 Å². The number of carbonyl (C=O) groups excluding carboxylic acids is 1. The molecule has 74 valence electrons. The van der Waals surface area contributed by atoms with Crippen LogP contribution in [-0.4, -0.2) is 21.1 Å². The standard InChI is InChI=1S/C8H6BrNO4/c9-4-7(12)8-5(10(13)14)2-1-3-6(8)11/h1-3,11H,4H2. The Labute approximate surface area is 87.6 Å². The van der Waals surface area contributed by atoms with E-state index in [9.17, 15) is 20.0 Å². The highest BCUT2D eigenvalue weighted by Crippen LogP contribution is 2.27. The second-order valence-corrected chi connectivity index (χ2v) is 3.05. The third-order valence-corrected chi connectivity index (χ3v) is 2.13. The zero-order valence-electron chi connectivity index (χ0n) is 6.94. The number of halogens is 1. The van der Waals surface area contributed by atoms with Crippen molar-refractivity contribution in [3.63, 3.8) is 0 Å². The summed E-state index contributed by atoms with van der Waals surface area (Å²) < 4.78 is 0. The van der Waals surface area contributed by atoms with Gasteiger partial charge in [0, 0.05) is 6.07 Å². The third kappa shape index (κ3) is 1.90. The number of hydrogen-bond acceptors (Lipinski definition) is 4. The van der Waals surface area contributed by atoms with Crippen LogP contribution in [0.1, 0.15) is 10.4 Å². The molecular formula is C8H6BrNO4. The number of Topliss-reactive ketones (excluding diaryl/α,β-unsaturated/α-hetero) is 1. The zero-order valence-corrected chi connectivity index (χ0v) is 8.52. The number of nitro groups is 1. The number of phenolic OH excluding ortho intramolecular Hbond substituents is 1. The van der Waals surface area contributed by atoms with Crippen molar-refractivity contribution in [1.29, 1.82) is 0 Å². The van der Waals surface area contributed by atoms with Crippen LogP contribution in [0.25, 0.3) is 0 Å². The maximum Gasteiger partial charge on any atom is 0.283 e. The van der Waals surface area contributed by atoms with Crippen molar-refractivity contribution < 1.29 is 14.8 Å². The van der Waals surface area contributed by atoms with Crippen LogP contribution in [-0.2, 0) is 0 Å². The minimum absolute atomic E-state index is 0.0641. The molecule has 0 aromatic heterocycles. The summed E-state index contributed by atoms with van der Waals surface area (Å²) in [6.45, 7) is 0. The number of ketones is 1. The van der Waals surface area contributed by atoms with Gasteiger partial charge in [0.1, 0.15) is 11.3 Å². The third-order valence-electron chi connectivity index (χ3n) is 1.62. The van der Waals surface area contributed by atoms with E-state index >= 15 is 0 Å². The lowest BCUT2D eigenvalue weighted by Gasteiger charge is -2.01. The molecular weight excluding hydrogens is 254 g/mol. The second-order valence-electron chi connectivity index (χ2n) is 2.49. The second kappa shape index (κ2) is 4.19. The van der Waals surface area contributed by atoms with Gasteiger partial charge in [-0.2, -0.15) is 0 Å². The fourth-order valence-electron chi connectivity index (χ4n) is 1.03. The molecule has 0 aliphatic heterocycles.